The lowest BCUT2D eigenvalue weighted by molar-refractivity contribution is 0.971. The number of aromatic nitrogens is 2. The van der Waals surface area contributed by atoms with Crippen molar-refractivity contribution in [2.45, 2.75) is 13.5 Å². The molecule has 3 rings (SSSR count). The van der Waals surface area contributed by atoms with Crippen LogP contribution in [0.5, 0.6) is 0 Å². The molecular weight excluding hydrogens is 250 g/mol. The first-order valence-electron chi connectivity index (χ1n) is 6.50. The van der Waals surface area contributed by atoms with Gasteiger partial charge in [0.1, 0.15) is 5.65 Å². The summed E-state index contributed by atoms with van der Waals surface area (Å²) in [6, 6.07) is 15.2. The van der Waals surface area contributed by atoms with Crippen LogP contribution in [0.25, 0.3) is 5.65 Å². The minimum Gasteiger partial charge on any atom is -0.379 e. The summed E-state index contributed by atoms with van der Waals surface area (Å²) in [5.41, 5.74) is 3.59. The molecule has 20 heavy (non-hydrogen) atoms. The van der Waals surface area contributed by atoms with E-state index in [0.29, 0.717) is 12.2 Å². The molecule has 4 heteroatoms. The molecule has 100 valence electrons. The van der Waals surface area contributed by atoms with Crippen LogP contribution in [0, 0.1) is 6.92 Å². The highest BCUT2D eigenvalue weighted by molar-refractivity contribution is 5.45. The van der Waals surface area contributed by atoms with Crippen LogP contribution in [0.2, 0.25) is 0 Å². The molecule has 0 amide bonds. The monoisotopic (exact) mass is 265 g/mol. The van der Waals surface area contributed by atoms with Crippen molar-refractivity contribution < 1.29 is 0 Å². The molecule has 2 aromatic heterocycles. The number of anilines is 1. The highest BCUT2D eigenvalue weighted by atomic mass is 16.1. The van der Waals surface area contributed by atoms with E-state index < -0.39 is 0 Å². The van der Waals surface area contributed by atoms with Crippen molar-refractivity contribution in [2.75, 3.05) is 5.32 Å². The van der Waals surface area contributed by atoms with Crippen LogP contribution in [0.1, 0.15) is 11.3 Å². The highest BCUT2D eigenvalue weighted by Gasteiger charge is 2.01. The molecule has 1 aromatic carbocycles. The maximum Gasteiger partial charge on any atom is 0.258 e. The van der Waals surface area contributed by atoms with Gasteiger partial charge in [0, 0.05) is 18.0 Å². The number of nitrogens with one attached hydrogen (secondary N) is 1. The molecule has 0 saturated heterocycles. The Kier molecular flexibility index (Phi) is 3.21. The summed E-state index contributed by atoms with van der Waals surface area (Å²) >= 11 is 0. The van der Waals surface area contributed by atoms with Crippen molar-refractivity contribution in [1.82, 2.24) is 9.38 Å². The fourth-order valence-corrected chi connectivity index (χ4v) is 2.06. The molecule has 0 saturated carbocycles. The standard InChI is InChI=1S/C16H15N3O/c1-12-5-7-13(8-6-12)17-11-14-10-16(20)19-9-3-2-4-15(19)18-14/h2-10,17H,11H2,1H3. The predicted molar refractivity (Wildman–Crippen MR) is 80.0 cm³/mol. The maximum absolute atomic E-state index is 12.0. The molecule has 0 aliphatic heterocycles. The number of aryl methyl sites for hydroxylation is 1. The van der Waals surface area contributed by atoms with Crippen LogP contribution < -0.4 is 10.9 Å². The Bertz CT molecular complexity index is 791. The third-order valence-corrected chi connectivity index (χ3v) is 3.15. The van der Waals surface area contributed by atoms with Crippen molar-refractivity contribution in [2.24, 2.45) is 0 Å². The molecule has 0 aliphatic rings. The summed E-state index contributed by atoms with van der Waals surface area (Å²) < 4.78 is 1.54. The normalized spacial score (nSPS) is 10.7. The molecule has 0 spiro atoms. The van der Waals surface area contributed by atoms with E-state index in [1.165, 1.54) is 9.96 Å². The minimum absolute atomic E-state index is 0.0590. The molecule has 0 fully saturated rings. The van der Waals surface area contributed by atoms with E-state index in [2.05, 4.69) is 17.2 Å². The average molecular weight is 265 g/mol. The number of hydrogen-bond acceptors (Lipinski definition) is 3. The second kappa shape index (κ2) is 5.17. The van der Waals surface area contributed by atoms with Gasteiger partial charge in [0.25, 0.3) is 5.56 Å². The topological polar surface area (TPSA) is 46.4 Å². The van der Waals surface area contributed by atoms with Crippen molar-refractivity contribution in [3.8, 4) is 0 Å². The van der Waals surface area contributed by atoms with Gasteiger partial charge in [-0.2, -0.15) is 0 Å². The molecule has 4 nitrogen and oxygen atoms in total. The number of fused-ring (bicyclic) bond motifs is 1. The fourth-order valence-electron chi connectivity index (χ4n) is 2.06. The van der Waals surface area contributed by atoms with E-state index >= 15 is 0 Å². The molecule has 3 aromatic rings. The molecular formula is C16H15N3O. The van der Waals surface area contributed by atoms with Crippen LogP contribution in [-0.4, -0.2) is 9.38 Å². The van der Waals surface area contributed by atoms with Crippen LogP contribution in [0.15, 0.2) is 59.5 Å². The summed E-state index contributed by atoms with van der Waals surface area (Å²) in [7, 11) is 0. The zero-order valence-corrected chi connectivity index (χ0v) is 11.2. The Hall–Kier alpha value is -2.62. The smallest absolute Gasteiger partial charge is 0.258 e. The van der Waals surface area contributed by atoms with Crippen LogP contribution in [0.3, 0.4) is 0 Å². The third-order valence-electron chi connectivity index (χ3n) is 3.15. The summed E-state index contributed by atoms with van der Waals surface area (Å²) in [5, 5.41) is 3.27. The van der Waals surface area contributed by atoms with Gasteiger partial charge in [0.2, 0.25) is 0 Å². The number of nitrogens with zero attached hydrogens (tertiary/aromatic N) is 2. The van der Waals surface area contributed by atoms with E-state index in [4.69, 9.17) is 0 Å². The van der Waals surface area contributed by atoms with E-state index in [0.717, 1.165) is 11.4 Å². The van der Waals surface area contributed by atoms with Crippen molar-refractivity contribution >= 4 is 11.3 Å². The molecule has 0 atom stereocenters. The fraction of sp³-hybridized carbons (Fsp3) is 0.125. The van der Waals surface area contributed by atoms with Crippen LogP contribution in [0.4, 0.5) is 5.69 Å². The van der Waals surface area contributed by atoms with Crippen molar-refractivity contribution in [1.29, 1.82) is 0 Å². The van der Waals surface area contributed by atoms with Gasteiger partial charge in [-0.15, -0.1) is 0 Å². The molecule has 0 bridgehead atoms. The zero-order valence-electron chi connectivity index (χ0n) is 11.2. The first-order valence-corrected chi connectivity index (χ1v) is 6.50. The van der Waals surface area contributed by atoms with Crippen LogP contribution in [-0.2, 0) is 6.54 Å². The molecule has 1 N–H and O–H groups in total. The van der Waals surface area contributed by atoms with E-state index in [1.54, 1.807) is 12.3 Å². The number of hydrogen-bond donors (Lipinski definition) is 1. The summed E-state index contributed by atoms with van der Waals surface area (Å²) in [6.45, 7) is 2.58. The lowest BCUT2D eigenvalue weighted by atomic mass is 10.2. The molecule has 0 radical (unpaired) electrons. The Morgan fingerprint density at radius 1 is 1.15 bits per heavy atom. The maximum atomic E-state index is 12.0. The van der Waals surface area contributed by atoms with E-state index in [1.807, 2.05) is 42.5 Å². The SMILES string of the molecule is Cc1ccc(NCc2cc(=O)n3ccccc3n2)cc1. The Labute approximate surface area is 116 Å². The Morgan fingerprint density at radius 3 is 2.75 bits per heavy atom. The predicted octanol–water partition coefficient (Wildman–Crippen LogP) is 2.62. The van der Waals surface area contributed by atoms with Gasteiger partial charge in [-0.1, -0.05) is 23.8 Å². The highest BCUT2D eigenvalue weighted by Crippen LogP contribution is 2.09. The quantitative estimate of drug-likeness (QED) is 0.792. The lowest BCUT2D eigenvalue weighted by Gasteiger charge is -2.07. The first kappa shape index (κ1) is 12.4. The molecule has 0 aliphatic carbocycles. The largest absolute Gasteiger partial charge is 0.379 e. The van der Waals surface area contributed by atoms with Crippen molar-refractivity contribution in [3.05, 3.63) is 76.3 Å². The summed E-state index contributed by atoms with van der Waals surface area (Å²) in [6.07, 6.45) is 1.72. The molecule has 2 heterocycles. The number of pyridine rings is 1. The number of rotatable bonds is 3. The van der Waals surface area contributed by atoms with Gasteiger partial charge >= 0.3 is 0 Å². The van der Waals surface area contributed by atoms with Gasteiger partial charge < -0.3 is 5.32 Å². The van der Waals surface area contributed by atoms with Gasteiger partial charge in [-0.25, -0.2) is 4.98 Å². The summed E-state index contributed by atoms with van der Waals surface area (Å²) in [5.74, 6) is 0. The van der Waals surface area contributed by atoms with Crippen LogP contribution >= 0.6 is 0 Å². The van der Waals surface area contributed by atoms with Gasteiger partial charge in [0.05, 0.1) is 12.2 Å². The van der Waals surface area contributed by atoms with E-state index in [9.17, 15) is 4.79 Å². The van der Waals surface area contributed by atoms with Gasteiger partial charge in [-0.3, -0.25) is 9.20 Å². The molecule has 0 unspecified atom stereocenters. The van der Waals surface area contributed by atoms with Gasteiger partial charge in [0.15, 0.2) is 0 Å². The van der Waals surface area contributed by atoms with Crippen molar-refractivity contribution in [3.63, 3.8) is 0 Å². The summed E-state index contributed by atoms with van der Waals surface area (Å²) in [4.78, 5) is 16.4. The Balaban J connectivity index is 1.84. The number of benzene rings is 1. The third kappa shape index (κ3) is 2.54. The first-order chi connectivity index (χ1) is 9.72. The second-order valence-electron chi connectivity index (χ2n) is 4.73. The zero-order chi connectivity index (χ0) is 13.9. The van der Waals surface area contributed by atoms with E-state index in [-0.39, 0.29) is 5.56 Å². The Morgan fingerprint density at radius 2 is 1.95 bits per heavy atom. The van der Waals surface area contributed by atoms with Gasteiger partial charge in [-0.05, 0) is 31.2 Å². The average Bonchev–Trinajstić information content (AvgIpc) is 2.47. The minimum atomic E-state index is -0.0590. The second-order valence-corrected chi connectivity index (χ2v) is 4.73. The lowest BCUT2D eigenvalue weighted by Crippen LogP contribution is -2.16.